The quantitative estimate of drug-likeness (QED) is 0.778. The van der Waals surface area contributed by atoms with Crippen molar-refractivity contribution >= 4 is 5.82 Å². The van der Waals surface area contributed by atoms with Gasteiger partial charge < -0.3 is 5.73 Å². The Bertz CT molecular complexity index is 500. The molecule has 2 N–H and O–H groups in total. The van der Waals surface area contributed by atoms with Crippen molar-refractivity contribution in [3.05, 3.63) is 42.2 Å². The van der Waals surface area contributed by atoms with Crippen molar-refractivity contribution in [3.63, 3.8) is 0 Å². The molecule has 0 saturated carbocycles. The van der Waals surface area contributed by atoms with Gasteiger partial charge in [0.2, 0.25) is 0 Å². The van der Waals surface area contributed by atoms with E-state index in [1.54, 1.807) is 6.07 Å². The Balaban J connectivity index is 2.59. The topological polar surface area (TPSA) is 51.8 Å². The van der Waals surface area contributed by atoms with E-state index >= 15 is 0 Å². The third kappa shape index (κ3) is 1.76. The molecule has 5 heteroatoms. The van der Waals surface area contributed by atoms with E-state index < -0.39 is 11.6 Å². The van der Waals surface area contributed by atoms with Gasteiger partial charge in [0.1, 0.15) is 17.8 Å². The summed E-state index contributed by atoms with van der Waals surface area (Å²) in [5, 5.41) is 0. The van der Waals surface area contributed by atoms with Crippen LogP contribution in [0.3, 0.4) is 0 Å². The molecule has 0 bridgehead atoms. The molecule has 0 radical (unpaired) electrons. The first kappa shape index (κ1) is 9.51. The molecule has 0 amide bonds. The van der Waals surface area contributed by atoms with Gasteiger partial charge in [-0.05, 0) is 12.1 Å². The molecule has 0 aliphatic carbocycles. The Morgan fingerprint density at radius 2 is 1.93 bits per heavy atom. The molecule has 3 nitrogen and oxygen atoms in total. The van der Waals surface area contributed by atoms with Crippen LogP contribution in [0, 0.1) is 11.6 Å². The van der Waals surface area contributed by atoms with Crippen molar-refractivity contribution in [1.82, 2.24) is 9.97 Å². The molecule has 0 fully saturated rings. The van der Waals surface area contributed by atoms with Crippen LogP contribution in [0.5, 0.6) is 0 Å². The zero-order valence-corrected chi connectivity index (χ0v) is 7.61. The number of aromatic nitrogens is 2. The van der Waals surface area contributed by atoms with Gasteiger partial charge in [0, 0.05) is 5.56 Å². The van der Waals surface area contributed by atoms with Crippen molar-refractivity contribution < 1.29 is 8.78 Å². The Kier molecular flexibility index (Phi) is 2.29. The lowest BCUT2D eigenvalue weighted by Gasteiger charge is -2.03. The molecule has 0 aliphatic rings. The lowest BCUT2D eigenvalue weighted by Crippen LogP contribution is -1.99. The van der Waals surface area contributed by atoms with Gasteiger partial charge in [-0.2, -0.15) is 0 Å². The summed E-state index contributed by atoms with van der Waals surface area (Å²) in [7, 11) is 0. The van der Waals surface area contributed by atoms with Crippen LogP contribution in [0.2, 0.25) is 0 Å². The summed E-state index contributed by atoms with van der Waals surface area (Å²) in [5.74, 6) is -1.43. The van der Waals surface area contributed by atoms with Gasteiger partial charge >= 0.3 is 0 Å². The number of anilines is 1. The first-order valence-electron chi connectivity index (χ1n) is 4.20. The Labute approximate surface area is 84.6 Å². The molecule has 1 aromatic heterocycles. The van der Waals surface area contributed by atoms with Crippen molar-refractivity contribution in [2.75, 3.05) is 5.73 Å². The number of rotatable bonds is 1. The van der Waals surface area contributed by atoms with Crippen LogP contribution >= 0.6 is 0 Å². The second kappa shape index (κ2) is 3.61. The number of nitrogen functional groups attached to an aromatic ring is 1. The fourth-order valence-electron chi connectivity index (χ4n) is 1.22. The van der Waals surface area contributed by atoms with Gasteiger partial charge in [0.15, 0.2) is 11.6 Å². The fraction of sp³-hybridized carbons (Fsp3) is 0. The van der Waals surface area contributed by atoms with Crippen LogP contribution in [-0.4, -0.2) is 9.97 Å². The number of halogens is 2. The maximum atomic E-state index is 13.4. The van der Waals surface area contributed by atoms with Crippen LogP contribution in [-0.2, 0) is 0 Å². The number of nitrogens with two attached hydrogens (primary N) is 1. The number of hydrogen-bond donors (Lipinski definition) is 1. The van der Waals surface area contributed by atoms with Gasteiger partial charge in [-0.3, -0.25) is 0 Å². The van der Waals surface area contributed by atoms with Crippen LogP contribution in [0.15, 0.2) is 30.6 Å². The zero-order chi connectivity index (χ0) is 10.8. The third-order valence-corrected chi connectivity index (χ3v) is 1.91. The van der Waals surface area contributed by atoms with E-state index in [-0.39, 0.29) is 11.5 Å². The Morgan fingerprint density at radius 1 is 1.13 bits per heavy atom. The van der Waals surface area contributed by atoms with E-state index in [9.17, 15) is 8.78 Å². The molecule has 2 rings (SSSR count). The van der Waals surface area contributed by atoms with Gasteiger partial charge in [-0.25, -0.2) is 18.7 Å². The average Bonchev–Trinajstić information content (AvgIpc) is 2.22. The lowest BCUT2D eigenvalue weighted by molar-refractivity contribution is 0.620. The van der Waals surface area contributed by atoms with Crippen molar-refractivity contribution in [3.8, 4) is 11.3 Å². The Morgan fingerprint density at radius 3 is 2.67 bits per heavy atom. The minimum absolute atomic E-state index is 0.00185. The summed E-state index contributed by atoms with van der Waals surface area (Å²) < 4.78 is 26.3. The summed E-state index contributed by atoms with van der Waals surface area (Å²) in [4.78, 5) is 7.20. The van der Waals surface area contributed by atoms with Crippen molar-refractivity contribution in [1.29, 1.82) is 0 Å². The van der Waals surface area contributed by atoms with Gasteiger partial charge in [0.25, 0.3) is 0 Å². The molecule has 15 heavy (non-hydrogen) atoms. The van der Waals surface area contributed by atoms with E-state index in [0.717, 1.165) is 6.33 Å². The molecule has 0 atom stereocenters. The monoisotopic (exact) mass is 207 g/mol. The predicted molar refractivity (Wildman–Crippen MR) is 51.8 cm³/mol. The zero-order valence-electron chi connectivity index (χ0n) is 7.61. The summed E-state index contributed by atoms with van der Waals surface area (Å²) >= 11 is 0. The number of nitrogens with zero attached hydrogens (tertiary/aromatic N) is 2. The minimum atomic E-state index is -0.733. The molecule has 2 aromatic rings. The molecule has 0 aliphatic heterocycles. The molecular weight excluding hydrogens is 200 g/mol. The van der Waals surface area contributed by atoms with Crippen LogP contribution in [0.1, 0.15) is 0 Å². The summed E-state index contributed by atoms with van der Waals surface area (Å²) in [6.45, 7) is 0. The number of hydrogen-bond acceptors (Lipinski definition) is 3. The standard InChI is InChI=1S/C10H7F2N3/c11-7-3-1-2-6(4-7)9-8(12)10(13)15-5-14-9/h1-5H,(H2,13,14,15). The molecule has 0 spiro atoms. The normalized spacial score (nSPS) is 10.3. The van der Waals surface area contributed by atoms with E-state index in [4.69, 9.17) is 5.73 Å². The molecular formula is C10H7F2N3. The highest BCUT2D eigenvalue weighted by Crippen LogP contribution is 2.22. The lowest BCUT2D eigenvalue weighted by atomic mass is 10.1. The molecule has 76 valence electrons. The van der Waals surface area contributed by atoms with Crippen LogP contribution in [0.25, 0.3) is 11.3 Å². The first-order valence-corrected chi connectivity index (χ1v) is 4.20. The van der Waals surface area contributed by atoms with Gasteiger partial charge in [-0.1, -0.05) is 12.1 Å². The van der Waals surface area contributed by atoms with Gasteiger partial charge in [0.05, 0.1) is 0 Å². The predicted octanol–water partition coefficient (Wildman–Crippen LogP) is 2.00. The molecule has 0 saturated heterocycles. The second-order valence-electron chi connectivity index (χ2n) is 2.93. The summed E-state index contributed by atoms with van der Waals surface area (Å²) in [6.07, 6.45) is 1.14. The molecule has 1 aromatic carbocycles. The van der Waals surface area contributed by atoms with Crippen LogP contribution < -0.4 is 5.73 Å². The van der Waals surface area contributed by atoms with Crippen LogP contribution in [0.4, 0.5) is 14.6 Å². The van der Waals surface area contributed by atoms with Crippen molar-refractivity contribution in [2.45, 2.75) is 0 Å². The van der Waals surface area contributed by atoms with E-state index in [1.807, 2.05) is 0 Å². The Hall–Kier alpha value is -2.04. The molecule has 1 heterocycles. The smallest absolute Gasteiger partial charge is 0.191 e. The SMILES string of the molecule is Nc1ncnc(-c2cccc(F)c2)c1F. The minimum Gasteiger partial charge on any atom is -0.381 e. The highest BCUT2D eigenvalue weighted by molar-refractivity contribution is 5.62. The maximum Gasteiger partial charge on any atom is 0.191 e. The third-order valence-electron chi connectivity index (χ3n) is 1.91. The summed E-state index contributed by atoms with van der Waals surface area (Å²) in [5.41, 5.74) is 5.61. The maximum absolute atomic E-state index is 13.4. The van der Waals surface area contributed by atoms with E-state index in [1.165, 1.54) is 18.2 Å². The van der Waals surface area contributed by atoms with E-state index in [2.05, 4.69) is 9.97 Å². The second-order valence-corrected chi connectivity index (χ2v) is 2.93. The first-order chi connectivity index (χ1) is 7.18. The highest BCUT2D eigenvalue weighted by Gasteiger charge is 2.10. The molecule has 0 unspecified atom stereocenters. The fourth-order valence-corrected chi connectivity index (χ4v) is 1.22. The van der Waals surface area contributed by atoms with E-state index in [0.29, 0.717) is 5.56 Å². The summed E-state index contributed by atoms with van der Waals surface area (Å²) in [6, 6.07) is 5.48. The largest absolute Gasteiger partial charge is 0.381 e. The van der Waals surface area contributed by atoms with Gasteiger partial charge in [-0.15, -0.1) is 0 Å². The average molecular weight is 207 g/mol. The highest BCUT2D eigenvalue weighted by atomic mass is 19.1. The number of benzene rings is 1. The van der Waals surface area contributed by atoms with Crippen molar-refractivity contribution in [2.24, 2.45) is 0 Å².